The van der Waals surface area contributed by atoms with E-state index in [0.29, 0.717) is 17.8 Å². The Labute approximate surface area is 157 Å². The van der Waals surface area contributed by atoms with Crippen LogP contribution in [0.2, 0.25) is 0 Å². The molecule has 0 bridgehead atoms. The number of para-hydroxylation sites is 2. The van der Waals surface area contributed by atoms with Crippen LogP contribution in [-0.2, 0) is 11.3 Å². The maximum absolute atomic E-state index is 12.4. The number of hydrogen-bond acceptors (Lipinski definition) is 3. The van der Waals surface area contributed by atoms with E-state index in [-0.39, 0.29) is 18.4 Å². The van der Waals surface area contributed by atoms with E-state index in [0.717, 1.165) is 29.6 Å². The van der Waals surface area contributed by atoms with Gasteiger partial charge in [-0.1, -0.05) is 36.9 Å². The zero-order chi connectivity index (χ0) is 18.8. The molecule has 1 aliphatic rings. The summed E-state index contributed by atoms with van der Waals surface area (Å²) >= 11 is 0. The van der Waals surface area contributed by atoms with Crippen molar-refractivity contribution < 1.29 is 9.59 Å². The van der Waals surface area contributed by atoms with E-state index in [1.54, 1.807) is 6.07 Å². The number of carbonyl (C=O) groups excluding carboxylic acids is 2. The molecule has 0 unspecified atom stereocenters. The summed E-state index contributed by atoms with van der Waals surface area (Å²) in [5, 5.41) is 2.88. The van der Waals surface area contributed by atoms with E-state index in [4.69, 9.17) is 0 Å². The number of nitrogens with one attached hydrogen (secondary N) is 1. The number of nitrogens with zero attached hydrogens (tertiary/aromatic N) is 3. The van der Waals surface area contributed by atoms with Crippen molar-refractivity contribution in [2.45, 2.75) is 13.0 Å². The summed E-state index contributed by atoms with van der Waals surface area (Å²) in [7, 11) is 0. The van der Waals surface area contributed by atoms with Crippen LogP contribution in [0.4, 0.5) is 0 Å². The molecule has 6 nitrogen and oxygen atoms in total. The van der Waals surface area contributed by atoms with Gasteiger partial charge >= 0.3 is 0 Å². The number of aryl methyl sites for hydroxylation is 1. The normalized spacial score (nSPS) is 13.3. The molecule has 0 radical (unpaired) electrons. The molecular formula is C21H20N4O2. The lowest BCUT2D eigenvalue weighted by molar-refractivity contribution is -0.121. The number of fused-ring (bicyclic) bond motifs is 2. The maximum Gasteiger partial charge on any atom is 0.259 e. The molecule has 3 aromatic rings. The lowest BCUT2D eigenvalue weighted by atomic mass is 10.1. The Balaban J connectivity index is 1.28. The Bertz CT molecular complexity index is 1000. The average molecular weight is 360 g/mol. The minimum atomic E-state index is -0.187. The smallest absolute Gasteiger partial charge is 0.259 e. The van der Waals surface area contributed by atoms with Crippen molar-refractivity contribution in [2.75, 3.05) is 13.1 Å². The number of benzene rings is 2. The molecule has 0 aliphatic carbocycles. The zero-order valence-electron chi connectivity index (χ0n) is 14.9. The minimum Gasteiger partial charge on any atom is -0.354 e. The quantitative estimate of drug-likeness (QED) is 0.687. The third-order valence-corrected chi connectivity index (χ3v) is 4.77. The fourth-order valence-corrected chi connectivity index (χ4v) is 3.37. The number of hydrogen-bond donors (Lipinski definition) is 1. The standard InChI is InChI=1S/C21H20N4O2/c1-15-16-7-2-3-8-17(16)21(27)25(15)13-20(26)22-11-6-12-24-14-23-18-9-4-5-10-19(18)24/h2-5,7-10,14H,1,6,11-13H2,(H,22,26). The van der Waals surface area contributed by atoms with Gasteiger partial charge in [-0.2, -0.15) is 0 Å². The van der Waals surface area contributed by atoms with Gasteiger partial charge in [0.05, 0.1) is 17.4 Å². The topological polar surface area (TPSA) is 67.2 Å². The first-order chi connectivity index (χ1) is 13.1. The molecule has 6 heteroatoms. The summed E-state index contributed by atoms with van der Waals surface area (Å²) in [6.07, 6.45) is 2.60. The van der Waals surface area contributed by atoms with Gasteiger partial charge in [-0.15, -0.1) is 0 Å². The van der Waals surface area contributed by atoms with E-state index < -0.39 is 0 Å². The van der Waals surface area contributed by atoms with Crippen molar-refractivity contribution in [1.82, 2.24) is 19.8 Å². The molecule has 1 aromatic heterocycles. The highest BCUT2D eigenvalue weighted by Crippen LogP contribution is 2.30. The maximum atomic E-state index is 12.4. The molecule has 4 rings (SSSR count). The van der Waals surface area contributed by atoms with Crippen molar-refractivity contribution in [3.8, 4) is 0 Å². The van der Waals surface area contributed by atoms with Crippen LogP contribution in [0.15, 0.2) is 61.4 Å². The zero-order valence-corrected chi connectivity index (χ0v) is 14.9. The third kappa shape index (κ3) is 3.21. The molecule has 1 N–H and O–H groups in total. The van der Waals surface area contributed by atoms with Crippen LogP contribution >= 0.6 is 0 Å². The molecule has 0 spiro atoms. The highest BCUT2D eigenvalue weighted by molar-refractivity contribution is 6.10. The second-order valence-corrected chi connectivity index (χ2v) is 6.51. The predicted molar refractivity (Wildman–Crippen MR) is 104 cm³/mol. The van der Waals surface area contributed by atoms with Crippen molar-refractivity contribution in [1.29, 1.82) is 0 Å². The van der Waals surface area contributed by atoms with Gasteiger partial charge in [-0.25, -0.2) is 4.98 Å². The van der Waals surface area contributed by atoms with Gasteiger partial charge in [0, 0.05) is 29.9 Å². The van der Waals surface area contributed by atoms with Crippen LogP contribution in [0.1, 0.15) is 22.3 Å². The Morgan fingerprint density at radius 3 is 2.63 bits per heavy atom. The van der Waals surface area contributed by atoms with Gasteiger partial charge in [-0.05, 0) is 24.6 Å². The molecular weight excluding hydrogens is 340 g/mol. The molecule has 136 valence electrons. The number of imidazole rings is 1. The summed E-state index contributed by atoms with van der Waals surface area (Å²) in [5.41, 5.74) is 4.02. The number of aromatic nitrogens is 2. The second kappa shape index (κ2) is 7.07. The first-order valence-corrected chi connectivity index (χ1v) is 8.92. The van der Waals surface area contributed by atoms with Gasteiger partial charge in [0.2, 0.25) is 5.91 Å². The first-order valence-electron chi connectivity index (χ1n) is 8.92. The second-order valence-electron chi connectivity index (χ2n) is 6.51. The van der Waals surface area contributed by atoms with Gasteiger partial charge < -0.3 is 9.88 Å². The number of rotatable bonds is 6. The molecule has 0 saturated heterocycles. The summed E-state index contributed by atoms with van der Waals surface area (Å²) in [4.78, 5) is 30.5. The highest BCUT2D eigenvalue weighted by atomic mass is 16.2. The molecule has 2 amide bonds. The van der Waals surface area contributed by atoms with E-state index in [1.807, 2.05) is 48.8 Å². The van der Waals surface area contributed by atoms with Gasteiger partial charge in [0.1, 0.15) is 6.54 Å². The molecule has 1 aliphatic heterocycles. The molecule has 27 heavy (non-hydrogen) atoms. The largest absolute Gasteiger partial charge is 0.354 e. The highest BCUT2D eigenvalue weighted by Gasteiger charge is 2.31. The summed E-state index contributed by atoms with van der Waals surface area (Å²) in [6, 6.07) is 15.2. The summed E-state index contributed by atoms with van der Waals surface area (Å²) in [6.45, 7) is 5.24. The van der Waals surface area contributed by atoms with E-state index >= 15 is 0 Å². The van der Waals surface area contributed by atoms with Crippen LogP contribution in [0.5, 0.6) is 0 Å². The Kier molecular flexibility index (Phi) is 4.46. The third-order valence-electron chi connectivity index (χ3n) is 4.77. The molecule has 2 aromatic carbocycles. The van der Waals surface area contributed by atoms with E-state index in [2.05, 4.69) is 21.4 Å². The SMILES string of the molecule is C=C1c2ccccc2C(=O)N1CC(=O)NCCCn1cnc2ccccc21. The Hall–Kier alpha value is -3.41. The number of carbonyl (C=O) groups is 2. The van der Waals surface area contributed by atoms with Crippen LogP contribution in [0, 0.1) is 0 Å². The fraction of sp³-hybridized carbons (Fsp3) is 0.190. The lowest BCUT2D eigenvalue weighted by Gasteiger charge is -2.17. The molecule has 0 saturated carbocycles. The van der Waals surface area contributed by atoms with Crippen LogP contribution < -0.4 is 5.32 Å². The first kappa shape index (κ1) is 17.0. The van der Waals surface area contributed by atoms with Crippen LogP contribution in [0.3, 0.4) is 0 Å². The summed E-state index contributed by atoms with van der Waals surface area (Å²) < 4.78 is 2.07. The van der Waals surface area contributed by atoms with Crippen molar-refractivity contribution in [2.24, 2.45) is 0 Å². The van der Waals surface area contributed by atoms with Gasteiger partial charge in [-0.3, -0.25) is 14.5 Å². The minimum absolute atomic E-state index is 0.0135. The Morgan fingerprint density at radius 1 is 1.07 bits per heavy atom. The average Bonchev–Trinajstić information content (AvgIpc) is 3.21. The van der Waals surface area contributed by atoms with Crippen molar-refractivity contribution in [3.63, 3.8) is 0 Å². The van der Waals surface area contributed by atoms with Crippen molar-refractivity contribution in [3.05, 3.63) is 72.6 Å². The monoisotopic (exact) mass is 360 g/mol. The number of amides is 2. The summed E-state index contributed by atoms with van der Waals surface area (Å²) in [5.74, 6) is -0.358. The molecule has 0 atom stereocenters. The fourth-order valence-electron chi connectivity index (χ4n) is 3.37. The van der Waals surface area contributed by atoms with Gasteiger partial charge in [0.15, 0.2) is 0 Å². The Morgan fingerprint density at radius 2 is 1.81 bits per heavy atom. The molecule has 2 heterocycles. The predicted octanol–water partition coefficient (Wildman–Crippen LogP) is 2.67. The molecule has 0 fully saturated rings. The van der Waals surface area contributed by atoms with Crippen LogP contribution in [0.25, 0.3) is 16.7 Å². The van der Waals surface area contributed by atoms with Gasteiger partial charge in [0.25, 0.3) is 5.91 Å². The van der Waals surface area contributed by atoms with E-state index in [1.165, 1.54) is 4.90 Å². The van der Waals surface area contributed by atoms with Crippen molar-refractivity contribution >= 4 is 28.5 Å². The van der Waals surface area contributed by atoms with E-state index in [9.17, 15) is 9.59 Å². The van der Waals surface area contributed by atoms with Crippen LogP contribution in [-0.4, -0.2) is 39.4 Å². The lowest BCUT2D eigenvalue weighted by Crippen LogP contribution is -2.37.